The zero-order chi connectivity index (χ0) is 11.5. The van der Waals surface area contributed by atoms with Crippen LogP contribution in [0, 0.1) is 6.92 Å². The largest absolute Gasteiger partial charge is 0.289 e. The molecule has 1 amide bonds. The zero-order valence-electron chi connectivity index (χ0n) is 8.71. The molecule has 0 bridgehead atoms. The van der Waals surface area contributed by atoms with Crippen molar-refractivity contribution < 1.29 is 4.79 Å². The SMILES string of the molecule is Cc1ccc(-n2cc(C(=O)NN)nn2)cc1. The van der Waals surface area contributed by atoms with E-state index < -0.39 is 5.91 Å². The van der Waals surface area contributed by atoms with Crippen LogP contribution < -0.4 is 11.3 Å². The molecule has 2 aromatic rings. The van der Waals surface area contributed by atoms with Crippen molar-refractivity contribution in [3.8, 4) is 5.69 Å². The lowest BCUT2D eigenvalue weighted by Gasteiger charge is -1.99. The molecule has 0 unspecified atom stereocenters. The van der Waals surface area contributed by atoms with Crippen molar-refractivity contribution in [3.05, 3.63) is 41.7 Å². The van der Waals surface area contributed by atoms with Crippen molar-refractivity contribution in [1.82, 2.24) is 20.4 Å². The fourth-order valence-corrected chi connectivity index (χ4v) is 1.27. The first kappa shape index (κ1) is 10.3. The molecule has 0 saturated heterocycles. The van der Waals surface area contributed by atoms with E-state index in [1.807, 2.05) is 36.6 Å². The van der Waals surface area contributed by atoms with Crippen molar-refractivity contribution in [2.75, 3.05) is 0 Å². The van der Waals surface area contributed by atoms with Gasteiger partial charge in [0.25, 0.3) is 5.91 Å². The Morgan fingerprint density at radius 3 is 2.69 bits per heavy atom. The van der Waals surface area contributed by atoms with Crippen molar-refractivity contribution in [1.29, 1.82) is 0 Å². The zero-order valence-corrected chi connectivity index (χ0v) is 8.71. The van der Waals surface area contributed by atoms with Gasteiger partial charge in [0.2, 0.25) is 0 Å². The quantitative estimate of drug-likeness (QED) is 0.427. The van der Waals surface area contributed by atoms with Gasteiger partial charge in [-0.2, -0.15) is 0 Å². The van der Waals surface area contributed by atoms with Crippen LogP contribution in [0.5, 0.6) is 0 Å². The van der Waals surface area contributed by atoms with Crippen LogP contribution in [0.3, 0.4) is 0 Å². The highest BCUT2D eigenvalue weighted by Crippen LogP contribution is 2.08. The maximum absolute atomic E-state index is 11.2. The summed E-state index contributed by atoms with van der Waals surface area (Å²) in [5, 5.41) is 7.54. The van der Waals surface area contributed by atoms with Crippen LogP contribution in [-0.2, 0) is 0 Å². The predicted molar refractivity (Wildman–Crippen MR) is 57.7 cm³/mol. The Hall–Kier alpha value is -2.21. The van der Waals surface area contributed by atoms with Crippen LogP contribution in [-0.4, -0.2) is 20.9 Å². The Morgan fingerprint density at radius 2 is 2.06 bits per heavy atom. The lowest BCUT2D eigenvalue weighted by Crippen LogP contribution is -2.30. The van der Waals surface area contributed by atoms with E-state index in [1.165, 1.54) is 10.9 Å². The monoisotopic (exact) mass is 217 g/mol. The summed E-state index contributed by atoms with van der Waals surface area (Å²) < 4.78 is 1.52. The number of aryl methyl sites for hydroxylation is 1. The highest BCUT2D eigenvalue weighted by atomic mass is 16.2. The van der Waals surface area contributed by atoms with Crippen molar-refractivity contribution in [3.63, 3.8) is 0 Å². The van der Waals surface area contributed by atoms with Gasteiger partial charge in [0.1, 0.15) is 0 Å². The van der Waals surface area contributed by atoms with E-state index in [2.05, 4.69) is 10.3 Å². The Balaban J connectivity index is 2.31. The average molecular weight is 217 g/mol. The molecule has 1 heterocycles. The fourth-order valence-electron chi connectivity index (χ4n) is 1.27. The van der Waals surface area contributed by atoms with Gasteiger partial charge in [-0.3, -0.25) is 10.2 Å². The van der Waals surface area contributed by atoms with Gasteiger partial charge < -0.3 is 0 Å². The Morgan fingerprint density at radius 1 is 1.38 bits per heavy atom. The number of benzene rings is 1. The van der Waals surface area contributed by atoms with Gasteiger partial charge in [-0.1, -0.05) is 22.9 Å². The van der Waals surface area contributed by atoms with Crippen LogP contribution in [0.25, 0.3) is 5.69 Å². The molecule has 16 heavy (non-hydrogen) atoms. The Bertz CT molecular complexity index is 502. The highest BCUT2D eigenvalue weighted by Gasteiger charge is 2.09. The first-order chi connectivity index (χ1) is 7.70. The van der Waals surface area contributed by atoms with Gasteiger partial charge in [-0.05, 0) is 19.1 Å². The van der Waals surface area contributed by atoms with Gasteiger partial charge in [0, 0.05) is 0 Å². The van der Waals surface area contributed by atoms with E-state index in [1.54, 1.807) is 0 Å². The first-order valence-corrected chi connectivity index (χ1v) is 4.71. The third kappa shape index (κ3) is 1.91. The summed E-state index contributed by atoms with van der Waals surface area (Å²) in [6, 6.07) is 7.71. The van der Waals surface area contributed by atoms with Gasteiger partial charge in [0.05, 0.1) is 11.9 Å². The number of hydrazine groups is 1. The van der Waals surface area contributed by atoms with E-state index in [0.29, 0.717) is 0 Å². The number of hydrogen-bond acceptors (Lipinski definition) is 4. The summed E-state index contributed by atoms with van der Waals surface area (Å²) in [6.07, 6.45) is 1.52. The molecule has 0 saturated carbocycles. The number of carbonyl (C=O) groups is 1. The number of nitrogens with two attached hydrogens (primary N) is 1. The number of aromatic nitrogens is 3. The second-order valence-corrected chi connectivity index (χ2v) is 3.36. The molecule has 0 spiro atoms. The highest BCUT2D eigenvalue weighted by molar-refractivity contribution is 5.91. The van der Waals surface area contributed by atoms with Crippen LogP contribution >= 0.6 is 0 Å². The molecule has 0 atom stereocenters. The van der Waals surface area contributed by atoms with E-state index >= 15 is 0 Å². The third-order valence-corrected chi connectivity index (χ3v) is 2.16. The van der Waals surface area contributed by atoms with Crippen LogP contribution in [0.4, 0.5) is 0 Å². The third-order valence-electron chi connectivity index (χ3n) is 2.16. The van der Waals surface area contributed by atoms with Crippen LogP contribution in [0.1, 0.15) is 16.1 Å². The van der Waals surface area contributed by atoms with Crippen molar-refractivity contribution >= 4 is 5.91 Å². The lowest BCUT2D eigenvalue weighted by molar-refractivity contribution is 0.0948. The number of nitrogen functional groups attached to an aromatic ring is 1. The van der Waals surface area contributed by atoms with E-state index in [9.17, 15) is 4.79 Å². The molecule has 0 aliphatic carbocycles. The molecule has 3 N–H and O–H groups in total. The number of hydrogen-bond donors (Lipinski definition) is 2. The molecule has 82 valence electrons. The summed E-state index contributed by atoms with van der Waals surface area (Å²) in [5.41, 5.74) is 4.18. The summed E-state index contributed by atoms with van der Waals surface area (Å²) in [6.45, 7) is 2.00. The Labute approximate surface area is 92.0 Å². The second-order valence-electron chi connectivity index (χ2n) is 3.36. The summed E-state index contributed by atoms with van der Waals surface area (Å²) in [4.78, 5) is 11.2. The molecule has 0 radical (unpaired) electrons. The molecule has 0 aliphatic rings. The fraction of sp³-hybridized carbons (Fsp3) is 0.100. The molecule has 1 aromatic carbocycles. The number of carbonyl (C=O) groups excluding carboxylic acids is 1. The topological polar surface area (TPSA) is 85.8 Å². The minimum atomic E-state index is -0.460. The van der Waals surface area contributed by atoms with Crippen LogP contribution in [0.2, 0.25) is 0 Å². The Kier molecular flexibility index (Phi) is 2.65. The van der Waals surface area contributed by atoms with Crippen molar-refractivity contribution in [2.24, 2.45) is 5.84 Å². The molecule has 1 aromatic heterocycles. The smallest absolute Gasteiger partial charge is 0.287 e. The molecule has 6 heteroatoms. The number of rotatable bonds is 2. The van der Waals surface area contributed by atoms with E-state index in [0.717, 1.165) is 11.3 Å². The minimum Gasteiger partial charge on any atom is -0.289 e. The second kappa shape index (κ2) is 4.11. The average Bonchev–Trinajstić information content (AvgIpc) is 2.78. The lowest BCUT2D eigenvalue weighted by atomic mass is 10.2. The van der Waals surface area contributed by atoms with Gasteiger partial charge >= 0.3 is 0 Å². The molecule has 0 aliphatic heterocycles. The van der Waals surface area contributed by atoms with Gasteiger partial charge in [0.15, 0.2) is 5.69 Å². The predicted octanol–water partition coefficient (Wildman–Crippen LogP) is 0.179. The summed E-state index contributed by atoms with van der Waals surface area (Å²) in [7, 11) is 0. The maximum Gasteiger partial charge on any atom is 0.287 e. The molecule has 0 fully saturated rings. The maximum atomic E-state index is 11.2. The normalized spacial score (nSPS) is 10.1. The molecule has 6 nitrogen and oxygen atoms in total. The molecular formula is C10H11N5O. The van der Waals surface area contributed by atoms with E-state index in [-0.39, 0.29) is 5.69 Å². The van der Waals surface area contributed by atoms with Gasteiger partial charge in [-0.15, -0.1) is 5.10 Å². The summed E-state index contributed by atoms with van der Waals surface area (Å²) in [5.74, 6) is 4.54. The number of amides is 1. The first-order valence-electron chi connectivity index (χ1n) is 4.71. The molecule has 2 rings (SSSR count). The number of nitrogens with one attached hydrogen (secondary N) is 1. The van der Waals surface area contributed by atoms with Gasteiger partial charge in [-0.25, -0.2) is 10.5 Å². The number of nitrogens with zero attached hydrogens (tertiary/aromatic N) is 3. The molecular weight excluding hydrogens is 206 g/mol. The summed E-state index contributed by atoms with van der Waals surface area (Å²) >= 11 is 0. The van der Waals surface area contributed by atoms with Crippen LogP contribution in [0.15, 0.2) is 30.5 Å². The van der Waals surface area contributed by atoms with E-state index in [4.69, 9.17) is 5.84 Å². The minimum absolute atomic E-state index is 0.183. The van der Waals surface area contributed by atoms with Crippen molar-refractivity contribution in [2.45, 2.75) is 6.92 Å². The standard InChI is InChI=1S/C10H11N5O/c1-7-2-4-8(5-3-7)15-6-9(13-14-15)10(16)12-11/h2-6H,11H2,1H3,(H,12,16).